The minimum absolute atomic E-state index is 0.0351. The highest BCUT2D eigenvalue weighted by molar-refractivity contribution is 6.04. The molecule has 1 heterocycles. The zero-order chi connectivity index (χ0) is 24.1. The molecule has 3 aromatic carbocycles. The van der Waals surface area contributed by atoms with E-state index in [1.54, 1.807) is 24.3 Å². The number of anilines is 1. The van der Waals surface area contributed by atoms with Gasteiger partial charge in [-0.05, 0) is 60.9 Å². The number of amides is 4. The molecule has 8 heteroatoms. The number of nitrogens with zero attached hydrogens (tertiary/aromatic N) is 1. The third-order valence-corrected chi connectivity index (χ3v) is 5.48. The quantitative estimate of drug-likeness (QED) is 0.447. The molecular formula is C26H25N3O5. The van der Waals surface area contributed by atoms with Crippen LogP contribution in [0.1, 0.15) is 22.7 Å². The van der Waals surface area contributed by atoms with Crippen LogP contribution in [0.2, 0.25) is 0 Å². The summed E-state index contributed by atoms with van der Waals surface area (Å²) in [4.78, 5) is 38.2. The van der Waals surface area contributed by atoms with Crippen molar-refractivity contribution < 1.29 is 24.2 Å². The maximum absolute atomic E-state index is 12.7. The molecule has 174 valence electrons. The lowest BCUT2D eigenvalue weighted by Gasteiger charge is -2.13. The van der Waals surface area contributed by atoms with Crippen LogP contribution in [-0.4, -0.2) is 41.0 Å². The van der Waals surface area contributed by atoms with Crippen LogP contribution >= 0.6 is 0 Å². The highest BCUT2D eigenvalue weighted by atomic mass is 16.5. The lowest BCUT2D eigenvalue weighted by Crippen LogP contribution is -2.32. The summed E-state index contributed by atoms with van der Waals surface area (Å²) in [6.45, 7) is 2.08. The molecule has 1 fully saturated rings. The molecule has 4 rings (SSSR count). The lowest BCUT2D eigenvalue weighted by atomic mass is 10.1. The van der Waals surface area contributed by atoms with Gasteiger partial charge < -0.3 is 20.5 Å². The van der Waals surface area contributed by atoms with Crippen LogP contribution in [0.15, 0.2) is 72.8 Å². The highest BCUT2D eigenvalue weighted by Crippen LogP contribution is 2.25. The maximum atomic E-state index is 12.7. The zero-order valence-corrected chi connectivity index (χ0v) is 18.7. The van der Waals surface area contributed by atoms with Crippen molar-refractivity contribution in [2.75, 3.05) is 18.5 Å². The van der Waals surface area contributed by atoms with Crippen LogP contribution in [0, 0.1) is 6.92 Å². The number of aryl methyl sites for hydroxylation is 1. The van der Waals surface area contributed by atoms with Crippen LogP contribution in [0.5, 0.6) is 11.5 Å². The molecule has 8 nitrogen and oxygen atoms in total. The van der Waals surface area contributed by atoms with Gasteiger partial charge >= 0.3 is 6.03 Å². The second-order valence-electron chi connectivity index (χ2n) is 8.06. The first kappa shape index (κ1) is 22.8. The molecule has 0 saturated carbocycles. The Labute approximate surface area is 197 Å². The summed E-state index contributed by atoms with van der Waals surface area (Å²) in [6.07, 6.45) is 0.472. The summed E-state index contributed by atoms with van der Waals surface area (Å²) in [7, 11) is 0. The second-order valence-corrected chi connectivity index (χ2v) is 8.06. The average molecular weight is 460 g/mol. The van der Waals surface area contributed by atoms with Crippen molar-refractivity contribution in [1.29, 1.82) is 0 Å². The summed E-state index contributed by atoms with van der Waals surface area (Å²) in [5, 5.41) is 15.1. The minimum Gasteiger partial charge on any atom is -0.508 e. The van der Waals surface area contributed by atoms with E-state index in [1.165, 1.54) is 17.0 Å². The fourth-order valence-electron chi connectivity index (χ4n) is 3.64. The van der Waals surface area contributed by atoms with Crippen molar-refractivity contribution in [2.24, 2.45) is 0 Å². The SMILES string of the molecule is Cc1ccc(NC(=O)COc2ccc(CCN3C(=O)NC(c4cccc(O)c4)C3=O)cc2)cc1. The van der Waals surface area contributed by atoms with E-state index in [0.717, 1.165) is 11.1 Å². The fourth-order valence-corrected chi connectivity index (χ4v) is 3.64. The predicted octanol–water partition coefficient (Wildman–Crippen LogP) is 3.55. The first-order valence-electron chi connectivity index (χ1n) is 10.9. The number of ether oxygens (including phenoxy) is 1. The molecule has 0 spiro atoms. The number of carbonyl (C=O) groups excluding carboxylic acids is 3. The van der Waals surface area contributed by atoms with Gasteiger partial charge in [0, 0.05) is 12.2 Å². The normalized spacial score (nSPS) is 15.2. The Morgan fingerprint density at radius 3 is 2.50 bits per heavy atom. The molecule has 4 amide bonds. The van der Waals surface area contributed by atoms with Crippen LogP contribution in [0.25, 0.3) is 0 Å². The summed E-state index contributed by atoms with van der Waals surface area (Å²) < 4.78 is 5.54. The van der Waals surface area contributed by atoms with Gasteiger partial charge in [0.25, 0.3) is 11.8 Å². The molecule has 0 bridgehead atoms. The zero-order valence-electron chi connectivity index (χ0n) is 18.7. The Morgan fingerprint density at radius 1 is 1.06 bits per heavy atom. The van der Waals surface area contributed by atoms with Crippen LogP contribution < -0.4 is 15.4 Å². The molecule has 0 aromatic heterocycles. The Balaban J connectivity index is 1.26. The standard InChI is InChI=1S/C26H25N3O5/c1-17-5-9-20(10-6-17)27-23(31)16-34-22-11-7-18(8-12-22)13-14-29-25(32)24(28-26(29)33)19-3-2-4-21(30)15-19/h2-12,15,24,30H,13-14,16H2,1H3,(H,27,31)(H,28,33). The number of imide groups is 1. The van der Waals surface area contributed by atoms with E-state index < -0.39 is 12.1 Å². The first-order chi connectivity index (χ1) is 16.4. The van der Waals surface area contributed by atoms with Gasteiger partial charge in [-0.1, -0.05) is 42.0 Å². The minimum atomic E-state index is -0.804. The molecule has 3 N–H and O–H groups in total. The number of carbonyl (C=O) groups is 3. The predicted molar refractivity (Wildman–Crippen MR) is 127 cm³/mol. The summed E-state index contributed by atoms with van der Waals surface area (Å²) >= 11 is 0. The van der Waals surface area contributed by atoms with Crippen molar-refractivity contribution in [3.63, 3.8) is 0 Å². The van der Waals surface area contributed by atoms with Crippen molar-refractivity contribution in [3.8, 4) is 11.5 Å². The molecular weight excluding hydrogens is 434 g/mol. The van der Waals surface area contributed by atoms with Gasteiger partial charge in [0.1, 0.15) is 17.5 Å². The van der Waals surface area contributed by atoms with E-state index in [4.69, 9.17) is 4.74 Å². The Bertz CT molecular complexity index is 1190. The molecule has 1 saturated heterocycles. The van der Waals surface area contributed by atoms with E-state index in [-0.39, 0.29) is 30.7 Å². The van der Waals surface area contributed by atoms with Crippen molar-refractivity contribution in [3.05, 3.63) is 89.5 Å². The van der Waals surface area contributed by atoms with E-state index in [1.807, 2.05) is 43.3 Å². The van der Waals surface area contributed by atoms with Gasteiger partial charge in [-0.15, -0.1) is 0 Å². The smallest absolute Gasteiger partial charge is 0.325 e. The Morgan fingerprint density at radius 2 is 1.79 bits per heavy atom. The molecule has 0 radical (unpaired) electrons. The van der Waals surface area contributed by atoms with Gasteiger partial charge in [-0.2, -0.15) is 0 Å². The molecule has 0 aliphatic carbocycles. The molecule has 1 unspecified atom stereocenters. The molecule has 1 aliphatic heterocycles. The number of phenolic OH excluding ortho intramolecular Hbond substituents is 1. The third kappa shape index (κ3) is 5.53. The van der Waals surface area contributed by atoms with E-state index in [2.05, 4.69) is 10.6 Å². The highest BCUT2D eigenvalue weighted by Gasteiger charge is 2.38. The van der Waals surface area contributed by atoms with Crippen LogP contribution in [-0.2, 0) is 16.0 Å². The lowest BCUT2D eigenvalue weighted by molar-refractivity contribution is -0.127. The number of phenols is 1. The molecule has 1 atom stereocenters. The topological polar surface area (TPSA) is 108 Å². The van der Waals surface area contributed by atoms with Crippen molar-refractivity contribution in [2.45, 2.75) is 19.4 Å². The Kier molecular flexibility index (Phi) is 6.77. The number of benzene rings is 3. The van der Waals surface area contributed by atoms with E-state index in [0.29, 0.717) is 23.4 Å². The van der Waals surface area contributed by atoms with Gasteiger partial charge in [0.05, 0.1) is 0 Å². The molecule has 1 aliphatic rings. The number of rotatable bonds is 8. The Hall–Kier alpha value is -4.33. The van der Waals surface area contributed by atoms with Gasteiger partial charge in [-0.25, -0.2) is 4.79 Å². The number of urea groups is 1. The number of nitrogens with one attached hydrogen (secondary N) is 2. The third-order valence-electron chi connectivity index (χ3n) is 5.48. The summed E-state index contributed by atoms with van der Waals surface area (Å²) in [5.41, 5.74) is 3.27. The molecule has 3 aromatic rings. The maximum Gasteiger partial charge on any atom is 0.325 e. The van der Waals surface area contributed by atoms with Crippen LogP contribution in [0.4, 0.5) is 10.5 Å². The number of hydrogen-bond acceptors (Lipinski definition) is 5. The van der Waals surface area contributed by atoms with Gasteiger partial charge in [0.2, 0.25) is 0 Å². The first-order valence-corrected chi connectivity index (χ1v) is 10.9. The monoisotopic (exact) mass is 459 g/mol. The average Bonchev–Trinajstić information content (AvgIpc) is 3.11. The molecule has 34 heavy (non-hydrogen) atoms. The van der Waals surface area contributed by atoms with E-state index in [9.17, 15) is 19.5 Å². The van der Waals surface area contributed by atoms with Crippen molar-refractivity contribution in [1.82, 2.24) is 10.2 Å². The van der Waals surface area contributed by atoms with Gasteiger partial charge in [0.15, 0.2) is 6.61 Å². The fraction of sp³-hybridized carbons (Fsp3) is 0.192. The summed E-state index contributed by atoms with van der Waals surface area (Å²) in [6, 6.07) is 19.7. The number of aromatic hydroxyl groups is 1. The summed E-state index contributed by atoms with van der Waals surface area (Å²) in [5.74, 6) is -0.0300. The van der Waals surface area contributed by atoms with Crippen LogP contribution in [0.3, 0.4) is 0 Å². The number of hydrogen-bond donors (Lipinski definition) is 3. The second kappa shape index (κ2) is 10.1. The largest absolute Gasteiger partial charge is 0.508 e. The van der Waals surface area contributed by atoms with Crippen molar-refractivity contribution >= 4 is 23.5 Å². The van der Waals surface area contributed by atoms with Gasteiger partial charge in [-0.3, -0.25) is 14.5 Å². The van der Waals surface area contributed by atoms with E-state index >= 15 is 0 Å².